The Labute approximate surface area is 285 Å². The normalized spacial score (nSPS) is 10.4. The smallest absolute Gasteiger partial charge is 0.255 e. The first-order valence-electron chi connectivity index (χ1n) is 14.8. The number of aryl methyl sites for hydroxylation is 1. The zero-order valence-corrected chi connectivity index (χ0v) is 29.0. The van der Waals surface area contributed by atoms with Gasteiger partial charge < -0.3 is 34.6 Å². The number of aromatic nitrogens is 2. The second-order valence-corrected chi connectivity index (χ2v) is 11.4. The van der Waals surface area contributed by atoms with Gasteiger partial charge in [-0.25, -0.2) is 9.97 Å². The summed E-state index contributed by atoms with van der Waals surface area (Å²) < 4.78 is 16.6. The molecule has 1 amide bonds. The minimum absolute atomic E-state index is 0.192. The van der Waals surface area contributed by atoms with Crippen molar-refractivity contribution in [3.05, 3.63) is 95.8 Å². The fourth-order valence-corrected chi connectivity index (χ4v) is 4.88. The van der Waals surface area contributed by atoms with Gasteiger partial charge in [0, 0.05) is 62.1 Å². The molecular formula is C36H39ClN6O5. The third-order valence-electron chi connectivity index (χ3n) is 7.40. The molecule has 5 aromatic rings. The zero-order chi connectivity index (χ0) is 35.0. The van der Waals surface area contributed by atoms with E-state index < -0.39 is 5.24 Å². The van der Waals surface area contributed by atoms with Gasteiger partial charge in [0.05, 0.1) is 26.7 Å². The molecule has 250 valence electrons. The molecule has 11 nitrogen and oxygen atoms in total. The molecule has 0 aliphatic heterocycles. The van der Waals surface area contributed by atoms with E-state index in [1.165, 1.54) is 6.33 Å². The van der Waals surface area contributed by atoms with Gasteiger partial charge in [0.15, 0.2) is 11.5 Å². The summed E-state index contributed by atoms with van der Waals surface area (Å²) in [5, 5.41) is 6.63. The first kappa shape index (κ1) is 35.3. The number of hydrogen-bond donors (Lipinski definition) is 2. The number of hydrogen-bond acceptors (Lipinski definition) is 10. The van der Waals surface area contributed by atoms with E-state index in [1.807, 2.05) is 93.4 Å². The van der Waals surface area contributed by atoms with Crippen molar-refractivity contribution in [3.8, 4) is 17.2 Å². The number of ether oxygens (including phenoxy) is 3. The Morgan fingerprint density at radius 2 is 1.38 bits per heavy atom. The van der Waals surface area contributed by atoms with Crippen LogP contribution in [0, 0.1) is 6.92 Å². The highest BCUT2D eigenvalue weighted by Crippen LogP contribution is 2.44. The Morgan fingerprint density at radius 3 is 1.96 bits per heavy atom. The SMILES string of the molecule is CN(C)c1cccc(C(=O)Cl)c1.COc1cc2c(Nc3cc(NC(=O)c4cccc(N(C)C)c4)ccc3C)ncnc2c(OC)c1OC. The summed E-state index contributed by atoms with van der Waals surface area (Å²) in [6.07, 6.45) is 1.46. The van der Waals surface area contributed by atoms with Crippen LogP contribution in [-0.2, 0) is 0 Å². The van der Waals surface area contributed by atoms with E-state index in [4.69, 9.17) is 25.8 Å². The predicted molar refractivity (Wildman–Crippen MR) is 193 cm³/mol. The van der Waals surface area contributed by atoms with Crippen LogP contribution in [0.1, 0.15) is 26.3 Å². The molecule has 0 aliphatic carbocycles. The van der Waals surface area contributed by atoms with Gasteiger partial charge in [0.2, 0.25) is 5.75 Å². The highest BCUT2D eigenvalue weighted by atomic mass is 35.5. The molecule has 0 fully saturated rings. The summed E-state index contributed by atoms with van der Waals surface area (Å²) in [4.78, 5) is 36.4. The molecular weight excluding hydrogens is 632 g/mol. The summed E-state index contributed by atoms with van der Waals surface area (Å²) in [5.41, 5.74) is 6.02. The van der Waals surface area contributed by atoms with E-state index in [2.05, 4.69) is 20.6 Å². The fraction of sp³-hybridized carbons (Fsp3) is 0.222. The molecule has 0 saturated heterocycles. The molecule has 0 aliphatic rings. The average molecular weight is 671 g/mol. The molecule has 0 unspecified atom stereocenters. The molecule has 48 heavy (non-hydrogen) atoms. The van der Waals surface area contributed by atoms with Crippen LogP contribution in [0.25, 0.3) is 10.9 Å². The van der Waals surface area contributed by atoms with E-state index in [9.17, 15) is 9.59 Å². The number of rotatable bonds is 10. The van der Waals surface area contributed by atoms with Crippen molar-refractivity contribution in [2.75, 3.05) is 70.0 Å². The quantitative estimate of drug-likeness (QED) is 0.148. The van der Waals surface area contributed by atoms with Crippen molar-refractivity contribution >= 4 is 62.2 Å². The number of fused-ring (bicyclic) bond motifs is 1. The largest absolute Gasteiger partial charge is 0.493 e. The summed E-state index contributed by atoms with van der Waals surface area (Å²) in [7, 11) is 12.4. The van der Waals surface area contributed by atoms with Crippen LogP contribution in [0.3, 0.4) is 0 Å². The maximum Gasteiger partial charge on any atom is 0.255 e. The Kier molecular flexibility index (Phi) is 11.6. The topological polar surface area (TPSA) is 118 Å². The summed E-state index contributed by atoms with van der Waals surface area (Å²) in [5.74, 6) is 1.77. The fourth-order valence-electron chi connectivity index (χ4n) is 4.76. The highest BCUT2D eigenvalue weighted by molar-refractivity contribution is 6.67. The van der Waals surface area contributed by atoms with Crippen molar-refractivity contribution in [2.45, 2.75) is 6.92 Å². The van der Waals surface area contributed by atoms with Gasteiger partial charge in [0.1, 0.15) is 17.7 Å². The lowest BCUT2D eigenvalue weighted by Gasteiger charge is -2.17. The number of halogens is 1. The number of carbonyl (C=O) groups is 2. The van der Waals surface area contributed by atoms with Crippen molar-refractivity contribution < 1.29 is 23.8 Å². The van der Waals surface area contributed by atoms with Crippen LogP contribution in [-0.4, -0.2) is 70.6 Å². The van der Waals surface area contributed by atoms with Crippen molar-refractivity contribution in [2.24, 2.45) is 0 Å². The number of carbonyl (C=O) groups excluding carboxylic acids is 2. The van der Waals surface area contributed by atoms with Crippen LogP contribution < -0.4 is 34.6 Å². The minimum Gasteiger partial charge on any atom is -0.493 e. The first-order valence-corrected chi connectivity index (χ1v) is 15.2. The second-order valence-electron chi connectivity index (χ2n) is 11.0. The van der Waals surface area contributed by atoms with E-state index in [-0.39, 0.29) is 5.91 Å². The monoisotopic (exact) mass is 670 g/mol. The predicted octanol–water partition coefficient (Wildman–Crippen LogP) is 7.16. The lowest BCUT2D eigenvalue weighted by atomic mass is 10.1. The molecule has 12 heteroatoms. The van der Waals surface area contributed by atoms with Gasteiger partial charge in [-0.15, -0.1) is 0 Å². The van der Waals surface area contributed by atoms with Crippen molar-refractivity contribution in [1.29, 1.82) is 0 Å². The molecule has 0 atom stereocenters. The molecule has 0 bridgehead atoms. The summed E-state index contributed by atoms with van der Waals surface area (Å²) in [6.45, 7) is 1.97. The van der Waals surface area contributed by atoms with Crippen molar-refractivity contribution in [3.63, 3.8) is 0 Å². The maximum atomic E-state index is 12.9. The van der Waals surface area contributed by atoms with Crippen LogP contribution >= 0.6 is 11.6 Å². The van der Waals surface area contributed by atoms with Gasteiger partial charge in [-0.3, -0.25) is 9.59 Å². The van der Waals surface area contributed by atoms with Crippen LogP contribution in [0.15, 0.2) is 79.1 Å². The number of nitrogens with zero attached hydrogens (tertiary/aromatic N) is 4. The highest BCUT2D eigenvalue weighted by Gasteiger charge is 2.20. The summed E-state index contributed by atoms with van der Waals surface area (Å²) >= 11 is 5.32. The van der Waals surface area contributed by atoms with Crippen molar-refractivity contribution in [1.82, 2.24) is 9.97 Å². The van der Waals surface area contributed by atoms with E-state index in [0.29, 0.717) is 50.8 Å². The Bertz CT molecular complexity index is 1930. The Morgan fingerprint density at radius 1 is 0.750 bits per heavy atom. The molecule has 4 aromatic carbocycles. The maximum absolute atomic E-state index is 12.9. The van der Waals surface area contributed by atoms with Gasteiger partial charge in [-0.1, -0.05) is 18.2 Å². The molecule has 0 spiro atoms. The Balaban J connectivity index is 0.000000365. The first-order chi connectivity index (χ1) is 23.0. The van der Waals surface area contributed by atoms with Gasteiger partial charge in [-0.05, 0) is 78.7 Å². The standard InChI is InChI=1S/C27H29N5O4.C9H10ClNO/c1-16-10-11-18(30-27(33)17-8-7-9-19(12-17)32(2)3)13-21(16)31-26-20-14-22(34-4)24(35-5)25(36-6)23(20)28-15-29-26;1-11(2)8-5-3-4-7(6-8)9(10)12/h7-15H,1-6H3,(H,30,33)(H,28,29,31);3-6H,1-2H3. The van der Waals surface area contributed by atoms with E-state index in [0.717, 1.165) is 22.6 Å². The number of benzene rings is 4. The molecule has 2 N–H and O–H groups in total. The lowest BCUT2D eigenvalue weighted by molar-refractivity contribution is 0.102. The second kappa shape index (κ2) is 15.8. The minimum atomic E-state index is -0.418. The molecule has 0 radical (unpaired) electrons. The lowest BCUT2D eigenvalue weighted by Crippen LogP contribution is -2.14. The number of nitrogens with one attached hydrogen (secondary N) is 2. The van der Waals surface area contributed by atoms with Crippen LogP contribution in [0.5, 0.6) is 17.2 Å². The van der Waals surface area contributed by atoms with Crippen LogP contribution in [0.2, 0.25) is 0 Å². The van der Waals surface area contributed by atoms with Gasteiger partial charge in [-0.2, -0.15) is 0 Å². The third kappa shape index (κ3) is 8.23. The van der Waals surface area contributed by atoms with E-state index >= 15 is 0 Å². The van der Waals surface area contributed by atoms with Gasteiger partial charge >= 0.3 is 0 Å². The molecule has 5 rings (SSSR count). The number of anilines is 5. The third-order valence-corrected chi connectivity index (χ3v) is 7.61. The zero-order valence-electron chi connectivity index (χ0n) is 28.2. The van der Waals surface area contributed by atoms with Crippen LogP contribution in [0.4, 0.5) is 28.6 Å². The molecule has 1 heterocycles. The molecule has 0 saturated carbocycles. The van der Waals surface area contributed by atoms with Gasteiger partial charge in [0.25, 0.3) is 11.1 Å². The molecule has 1 aromatic heterocycles. The Hall–Kier alpha value is -5.55. The number of amides is 1. The average Bonchev–Trinajstić information content (AvgIpc) is 3.09. The summed E-state index contributed by atoms with van der Waals surface area (Å²) in [6, 6.07) is 22.1. The number of methoxy groups -OCH3 is 3. The van der Waals surface area contributed by atoms with E-state index in [1.54, 1.807) is 45.6 Å².